The maximum Gasteiger partial charge on any atom is 0.247 e. The van der Waals surface area contributed by atoms with Gasteiger partial charge in [0.1, 0.15) is 6.33 Å². The van der Waals surface area contributed by atoms with E-state index in [-0.39, 0.29) is 0 Å². The van der Waals surface area contributed by atoms with Crippen LogP contribution in [0.5, 0.6) is 0 Å². The van der Waals surface area contributed by atoms with Crippen molar-refractivity contribution in [2.45, 2.75) is 0 Å². The zero-order chi connectivity index (χ0) is 7.68. The molecule has 0 unspecified atom stereocenters. The first kappa shape index (κ1) is 6.93. The molecule has 2 rings (SSSR count). The minimum atomic E-state index is 0.652. The lowest BCUT2D eigenvalue weighted by Crippen LogP contribution is -1.91. The van der Waals surface area contributed by atoms with Gasteiger partial charge in [-0.3, -0.25) is 4.57 Å². The number of hydrogen-bond donors (Lipinski definition) is 0. The SMILES string of the molecule is Brc1nc(-n2ccnc2)ns1. The Bertz CT molecular complexity index is 341. The monoisotopic (exact) mass is 230 g/mol. The summed E-state index contributed by atoms with van der Waals surface area (Å²) in [5.74, 6) is 0.652. The number of nitrogens with zero attached hydrogens (tertiary/aromatic N) is 4. The summed E-state index contributed by atoms with van der Waals surface area (Å²) in [5, 5.41) is 0. The number of imidazole rings is 1. The molecule has 0 atom stereocenters. The fraction of sp³-hybridized carbons (Fsp3) is 0. The molecule has 0 radical (unpaired) electrons. The van der Waals surface area contributed by atoms with E-state index >= 15 is 0 Å². The second-order valence-electron chi connectivity index (χ2n) is 1.82. The first-order valence-electron chi connectivity index (χ1n) is 2.84. The molecule has 6 heteroatoms. The molecule has 56 valence electrons. The van der Waals surface area contributed by atoms with Gasteiger partial charge in [0, 0.05) is 12.4 Å². The highest BCUT2D eigenvalue weighted by molar-refractivity contribution is 9.11. The average molecular weight is 231 g/mol. The van der Waals surface area contributed by atoms with Gasteiger partial charge in [0.15, 0.2) is 3.92 Å². The van der Waals surface area contributed by atoms with Gasteiger partial charge in [-0.15, -0.1) is 0 Å². The zero-order valence-corrected chi connectivity index (χ0v) is 7.71. The molecule has 11 heavy (non-hydrogen) atoms. The van der Waals surface area contributed by atoms with Crippen molar-refractivity contribution in [3.05, 3.63) is 22.6 Å². The lowest BCUT2D eigenvalue weighted by Gasteiger charge is -1.89. The van der Waals surface area contributed by atoms with E-state index in [0.717, 1.165) is 3.92 Å². The first-order valence-corrected chi connectivity index (χ1v) is 4.40. The Morgan fingerprint density at radius 2 is 2.45 bits per heavy atom. The Hall–Kier alpha value is -0.750. The average Bonchev–Trinajstić information content (AvgIpc) is 2.55. The van der Waals surface area contributed by atoms with Crippen molar-refractivity contribution in [2.24, 2.45) is 0 Å². The lowest BCUT2D eigenvalue weighted by atomic mass is 10.8. The van der Waals surface area contributed by atoms with Gasteiger partial charge >= 0.3 is 0 Å². The molecule has 2 heterocycles. The van der Waals surface area contributed by atoms with E-state index in [9.17, 15) is 0 Å². The highest BCUT2D eigenvalue weighted by Crippen LogP contribution is 2.13. The van der Waals surface area contributed by atoms with E-state index in [1.807, 2.05) is 0 Å². The summed E-state index contributed by atoms with van der Waals surface area (Å²) < 4.78 is 6.60. The minimum Gasteiger partial charge on any atom is -0.274 e. The molecular formula is C5H3BrN4S. The van der Waals surface area contributed by atoms with E-state index in [2.05, 4.69) is 30.3 Å². The van der Waals surface area contributed by atoms with E-state index in [4.69, 9.17) is 0 Å². The van der Waals surface area contributed by atoms with Crippen molar-refractivity contribution >= 4 is 27.5 Å². The first-order chi connectivity index (χ1) is 5.36. The Labute approximate surface area is 75.2 Å². The van der Waals surface area contributed by atoms with Gasteiger partial charge < -0.3 is 0 Å². The van der Waals surface area contributed by atoms with Crippen LogP contribution in [0.1, 0.15) is 0 Å². The van der Waals surface area contributed by atoms with Crippen molar-refractivity contribution in [1.29, 1.82) is 0 Å². The molecular weight excluding hydrogens is 228 g/mol. The van der Waals surface area contributed by atoms with Crippen LogP contribution in [0.4, 0.5) is 0 Å². The molecule has 0 spiro atoms. The molecule has 0 aliphatic carbocycles. The summed E-state index contributed by atoms with van der Waals surface area (Å²) in [6, 6.07) is 0. The van der Waals surface area contributed by atoms with Crippen LogP contribution in [0.2, 0.25) is 0 Å². The van der Waals surface area contributed by atoms with Gasteiger partial charge in [0.2, 0.25) is 5.95 Å². The molecule has 0 aliphatic rings. The fourth-order valence-corrected chi connectivity index (χ4v) is 1.47. The molecule has 2 aromatic heterocycles. The van der Waals surface area contributed by atoms with Crippen LogP contribution in [-0.4, -0.2) is 18.9 Å². The maximum atomic E-state index is 4.10. The van der Waals surface area contributed by atoms with Crippen molar-refractivity contribution in [1.82, 2.24) is 18.9 Å². The molecule has 0 saturated carbocycles. The summed E-state index contributed by atoms with van der Waals surface area (Å²) in [5.41, 5.74) is 0. The Balaban J connectivity index is 2.45. The molecule has 0 saturated heterocycles. The predicted octanol–water partition coefficient (Wildman–Crippen LogP) is 1.49. The van der Waals surface area contributed by atoms with Gasteiger partial charge in [-0.2, -0.15) is 9.36 Å². The molecule has 0 bridgehead atoms. The van der Waals surface area contributed by atoms with Crippen LogP contribution >= 0.6 is 27.5 Å². The number of halogens is 1. The molecule has 0 fully saturated rings. The van der Waals surface area contributed by atoms with Crippen LogP contribution < -0.4 is 0 Å². The van der Waals surface area contributed by atoms with Crippen LogP contribution in [0, 0.1) is 0 Å². The number of hydrogen-bond acceptors (Lipinski definition) is 4. The van der Waals surface area contributed by atoms with E-state index < -0.39 is 0 Å². The maximum absolute atomic E-state index is 4.10. The molecule has 0 aliphatic heterocycles. The normalized spacial score (nSPS) is 10.3. The van der Waals surface area contributed by atoms with Crippen LogP contribution in [0.25, 0.3) is 5.95 Å². The van der Waals surface area contributed by atoms with Gasteiger partial charge in [-0.05, 0) is 27.5 Å². The molecule has 0 amide bonds. The van der Waals surface area contributed by atoms with Crippen molar-refractivity contribution in [3.63, 3.8) is 0 Å². The van der Waals surface area contributed by atoms with Gasteiger partial charge in [0.05, 0.1) is 0 Å². The number of aromatic nitrogens is 4. The lowest BCUT2D eigenvalue weighted by molar-refractivity contribution is 0.963. The second-order valence-corrected chi connectivity index (χ2v) is 3.85. The summed E-state index contributed by atoms with van der Waals surface area (Å²) in [7, 11) is 0. The Morgan fingerprint density at radius 1 is 1.55 bits per heavy atom. The van der Waals surface area contributed by atoms with Crippen LogP contribution in [0.15, 0.2) is 22.6 Å². The van der Waals surface area contributed by atoms with Gasteiger partial charge in [-0.1, -0.05) is 0 Å². The predicted molar refractivity (Wildman–Crippen MR) is 44.7 cm³/mol. The van der Waals surface area contributed by atoms with E-state index in [0.29, 0.717) is 5.95 Å². The van der Waals surface area contributed by atoms with Gasteiger partial charge in [0.25, 0.3) is 0 Å². The Morgan fingerprint density at radius 3 is 3.00 bits per heavy atom. The van der Waals surface area contributed by atoms with E-state index in [1.54, 1.807) is 23.3 Å². The summed E-state index contributed by atoms with van der Waals surface area (Å²) in [6.07, 6.45) is 5.15. The third kappa shape index (κ3) is 1.31. The fourth-order valence-electron chi connectivity index (χ4n) is 0.680. The largest absolute Gasteiger partial charge is 0.274 e. The van der Waals surface area contributed by atoms with Crippen molar-refractivity contribution < 1.29 is 0 Å². The topological polar surface area (TPSA) is 43.6 Å². The third-order valence-corrected chi connectivity index (χ3v) is 2.23. The Kier molecular flexibility index (Phi) is 1.71. The molecule has 2 aromatic rings. The summed E-state index contributed by atoms with van der Waals surface area (Å²) >= 11 is 4.54. The standard InChI is InChI=1S/C5H3BrN4S/c6-4-8-5(9-11-4)10-2-1-7-3-10/h1-3H. The van der Waals surface area contributed by atoms with E-state index in [1.165, 1.54) is 11.5 Å². The second kappa shape index (κ2) is 2.71. The molecule has 0 N–H and O–H groups in total. The zero-order valence-electron chi connectivity index (χ0n) is 5.31. The molecule has 4 nitrogen and oxygen atoms in total. The smallest absolute Gasteiger partial charge is 0.247 e. The summed E-state index contributed by atoms with van der Waals surface area (Å²) in [4.78, 5) is 7.98. The highest BCUT2D eigenvalue weighted by Gasteiger charge is 2.01. The number of rotatable bonds is 1. The van der Waals surface area contributed by atoms with Crippen molar-refractivity contribution in [2.75, 3.05) is 0 Å². The highest BCUT2D eigenvalue weighted by atomic mass is 79.9. The van der Waals surface area contributed by atoms with Gasteiger partial charge in [-0.25, -0.2) is 4.98 Å². The third-order valence-electron chi connectivity index (χ3n) is 1.13. The minimum absolute atomic E-state index is 0.652. The quantitative estimate of drug-likeness (QED) is 0.746. The van der Waals surface area contributed by atoms with Crippen molar-refractivity contribution in [3.8, 4) is 5.95 Å². The molecule has 0 aromatic carbocycles. The summed E-state index contributed by atoms with van der Waals surface area (Å²) in [6.45, 7) is 0. The van der Waals surface area contributed by atoms with Crippen LogP contribution in [-0.2, 0) is 0 Å². The van der Waals surface area contributed by atoms with Crippen LogP contribution in [0.3, 0.4) is 0 Å².